The molecule has 0 aromatic heterocycles. The Kier molecular flexibility index (Phi) is 2.18. The Bertz CT molecular complexity index is 178. The van der Waals surface area contributed by atoms with E-state index in [4.69, 9.17) is 0 Å². The van der Waals surface area contributed by atoms with Gasteiger partial charge in [0.25, 0.3) is 0 Å². The highest BCUT2D eigenvalue weighted by Crippen LogP contribution is 2.47. The van der Waals surface area contributed by atoms with Crippen LogP contribution in [0.3, 0.4) is 0 Å². The van der Waals surface area contributed by atoms with Crippen LogP contribution in [0.15, 0.2) is 0 Å². The van der Waals surface area contributed by atoms with E-state index >= 15 is 0 Å². The molecule has 1 aliphatic heterocycles. The van der Waals surface area contributed by atoms with Gasteiger partial charge < -0.3 is 4.90 Å². The number of hydrogen-bond donors (Lipinski definition) is 0. The van der Waals surface area contributed by atoms with Crippen LogP contribution >= 0.6 is 0 Å². The molecular formula is C12H23N. The number of likely N-dealkylation sites (tertiary alicyclic amines) is 1. The van der Waals surface area contributed by atoms with Crippen molar-refractivity contribution in [2.75, 3.05) is 20.1 Å². The largest absolute Gasteiger partial charge is 0.306 e. The van der Waals surface area contributed by atoms with E-state index in [1.807, 2.05) is 0 Å². The fraction of sp³-hybridized carbons (Fsp3) is 1.00. The third kappa shape index (κ3) is 1.76. The van der Waals surface area contributed by atoms with Gasteiger partial charge in [0.05, 0.1) is 0 Å². The smallest absolute Gasteiger partial charge is 0.000996 e. The van der Waals surface area contributed by atoms with Gasteiger partial charge >= 0.3 is 0 Å². The lowest BCUT2D eigenvalue weighted by Crippen LogP contribution is -2.22. The van der Waals surface area contributed by atoms with Crippen LogP contribution in [-0.4, -0.2) is 25.0 Å². The maximum absolute atomic E-state index is 2.51. The molecule has 1 heteroatoms. The number of hydrogen-bond acceptors (Lipinski definition) is 1. The van der Waals surface area contributed by atoms with E-state index in [2.05, 4.69) is 32.7 Å². The van der Waals surface area contributed by atoms with Crippen LogP contribution in [0.2, 0.25) is 0 Å². The van der Waals surface area contributed by atoms with Crippen molar-refractivity contribution in [3.8, 4) is 0 Å². The normalized spacial score (nSPS) is 41.1. The summed E-state index contributed by atoms with van der Waals surface area (Å²) in [5.74, 6) is 3.03. The summed E-state index contributed by atoms with van der Waals surface area (Å²) in [5.41, 5.74) is 0.545. The van der Waals surface area contributed by atoms with E-state index in [1.165, 1.54) is 25.9 Å². The molecular weight excluding hydrogens is 158 g/mol. The van der Waals surface area contributed by atoms with E-state index in [0.29, 0.717) is 5.41 Å². The lowest BCUT2D eigenvalue weighted by Gasteiger charge is -2.28. The predicted molar refractivity (Wildman–Crippen MR) is 56.7 cm³/mol. The summed E-state index contributed by atoms with van der Waals surface area (Å²) in [5, 5.41) is 0. The van der Waals surface area contributed by atoms with Crippen LogP contribution in [0.5, 0.6) is 0 Å². The van der Waals surface area contributed by atoms with Gasteiger partial charge in [-0.1, -0.05) is 20.8 Å². The van der Waals surface area contributed by atoms with E-state index < -0.39 is 0 Å². The fourth-order valence-electron chi connectivity index (χ4n) is 3.24. The fourth-order valence-corrected chi connectivity index (χ4v) is 3.24. The molecule has 3 atom stereocenters. The molecule has 0 aromatic rings. The highest BCUT2D eigenvalue weighted by molar-refractivity contribution is 4.94. The van der Waals surface area contributed by atoms with Crippen molar-refractivity contribution in [1.82, 2.24) is 4.90 Å². The lowest BCUT2D eigenvalue weighted by molar-refractivity contribution is 0.220. The van der Waals surface area contributed by atoms with Gasteiger partial charge in [0.15, 0.2) is 0 Å². The summed E-state index contributed by atoms with van der Waals surface area (Å²) in [6, 6.07) is 0. The van der Waals surface area contributed by atoms with Crippen molar-refractivity contribution >= 4 is 0 Å². The Morgan fingerprint density at radius 3 is 1.85 bits per heavy atom. The Labute approximate surface area is 82.5 Å². The maximum Gasteiger partial charge on any atom is 0.000996 e. The lowest BCUT2D eigenvalue weighted by atomic mass is 9.79. The molecule has 1 saturated carbocycles. The van der Waals surface area contributed by atoms with Crippen LogP contribution < -0.4 is 0 Å². The predicted octanol–water partition coefficient (Wildman–Crippen LogP) is 2.62. The topological polar surface area (TPSA) is 3.24 Å². The summed E-state index contributed by atoms with van der Waals surface area (Å²) in [7, 11) is 2.27. The summed E-state index contributed by atoms with van der Waals surface area (Å²) in [4.78, 5) is 2.51. The van der Waals surface area contributed by atoms with Gasteiger partial charge in [0.1, 0.15) is 0 Å². The van der Waals surface area contributed by atoms with E-state index in [0.717, 1.165) is 17.8 Å². The van der Waals surface area contributed by atoms with Crippen molar-refractivity contribution < 1.29 is 0 Å². The summed E-state index contributed by atoms with van der Waals surface area (Å²) in [6.07, 6.45) is 2.97. The molecule has 0 aromatic carbocycles. The SMILES string of the molecule is CN1C[C@H]2CC(C(C)(C)C)C[C@H]2C1. The molecule has 1 aliphatic carbocycles. The third-order valence-corrected chi connectivity index (χ3v) is 4.16. The number of fused-ring (bicyclic) bond motifs is 1. The van der Waals surface area contributed by atoms with Gasteiger partial charge in [0.2, 0.25) is 0 Å². The minimum atomic E-state index is 0.545. The molecule has 2 fully saturated rings. The van der Waals surface area contributed by atoms with Crippen LogP contribution in [0.4, 0.5) is 0 Å². The highest BCUT2D eigenvalue weighted by Gasteiger charge is 2.43. The Hall–Kier alpha value is -0.0400. The summed E-state index contributed by atoms with van der Waals surface area (Å²) >= 11 is 0. The first-order valence-corrected chi connectivity index (χ1v) is 5.65. The van der Waals surface area contributed by atoms with Gasteiger partial charge in [-0.15, -0.1) is 0 Å². The van der Waals surface area contributed by atoms with Gasteiger partial charge in [-0.25, -0.2) is 0 Å². The van der Waals surface area contributed by atoms with Crippen molar-refractivity contribution in [2.24, 2.45) is 23.2 Å². The van der Waals surface area contributed by atoms with Crippen LogP contribution in [0.25, 0.3) is 0 Å². The van der Waals surface area contributed by atoms with Crippen molar-refractivity contribution in [2.45, 2.75) is 33.6 Å². The second-order valence-corrected chi connectivity index (χ2v) is 6.28. The quantitative estimate of drug-likeness (QED) is 0.555. The van der Waals surface area contributed by atoms with Crippen LogP contribution in [0.1, 0.15) is 33.6 Å². The minimum absolute atomic E-state index is 0.545. The third-order valence-electron chi connectivity index (χ3n) is 4.16. The Morgan fingerprint density at radius 2 is 1.46 bits per heavy atom. The van der Waals surface area contributed by atoms with E-state index in [-0.39, 0.29) is 0 Å². The molecule has 0 bridgehead atoms. The van der Waals surface area contributed by atoms with Crippen molar-refractivity contribution in [3.05, 3.63) is 0 Å². The standard InChI is InChI=1S/C12H23N/c1-12(2,3)11-5-9-7-13(4)8-10(9)6-11/h9-11H,5-8H2,1-4H3/t9-,10+,11?. The molecule has 2 aliphatic rings. The van der Waals surface area contributed by atoms with Gasteiger partial charge in [-0.2, -0.15) is 0 Å². The molecule has 0 spiro atoms. The average Bonchev–Trinajstić information content (AvgIpc) is 2.40. The van der Waals surface area contributed by atoms with Gasteiger partial charge in [-0.3, -0.25) is 0 Å². The van der Waals surface area contributed by atoms with Crippen molar-refractivity contribution in [3.63, 3.8) is 0 Å². The van der Waals surface area contributed by atoms with Crippen LogP contribution in [0, 0.1) is 23.2 Å². The Morgan fingerprint density at radius 1 is 1.00 bits per heavy atom. The first-order chi connectivity index (χ1) is 5.97. The summed E-state index contributed by atoms with van der Waals surface area (Å²) < 4.78 is 0. The van der Waals surface area contributed by atoms with Crippen molar-refractivity contribution in [1.29, 1.82) is 0 Å². The highest BCUT2D eigenvalue weighted by atomic mass is 15.1. The zero-order valence-corrected chi connectivity index (χ0v) is 9.51. The minimum Gasteiger partial charge on any atom is -0.306 e. The molecule has 13 heavy (non-hydrogen) atoms. The molecule has 1 nitrogen and oxygen atoms in total. The molecule has 0 radical (unpaired) electrons. The average molecular weight is 181 g/mol. The zero-order valence-electron chi connectivity index (χ0n) is 9.51. The monoisotopic (exact) mass is 181 g/mol. The molecule has 2 rings (SSSR count). The first-order valence-electron chi connectivity index (χ1n) is 5.65. The van der Waals surface area contributed by atoms with E-state index in [1.54, 1.807) is 0 Å². The van der Waals surface area contributed by atoms with Gasteiger partial charge in [-0.05, 0) is 43.1 Å². The zero-order chi connectivity index (χ0) is 9.64. The van der Waals surface area contributed by atoms with E-state index in [9.17, 15) is 0 Å². The van der Waals surface area contributed by atoms with Crippen LogP contribution in [-0.2, 0) is 0 Å². The molecule has 1 heterocycles. The molecule has 0 amide bonds. The van der Waals surface area contributed by atoms with Gasteiger partial charge in [0, 0.05) is 13.1 Å². The second kappa shape index (κ2) is 2.98. The summed E-state index contributed by atoms with van der Waals surface area (Å²) in [6.45, 7) is 9.93. The molecule has 76 valence electrons. The molecule has 0 N–H and O–H groups in total. The molecule has 1 unspecified atom stereocenters. The molecule has 1 saturated heterocycles. The maximum atomic E-state index is 2.51. The number of rotatable bonds is 0. The number of nitrogens with zero attached hydrogens (tertiary/aromatic N) is 1. The first kappa shape index (κ1) is 9.51. The second-order valence-electron chi connectivity index (χ2n) is 6.28. The Balaban J connectivity index is 1.98.